The van der Waals surface area contributed by atoms with Crippen molar-refractivity contribution in [3.05, 3.63) is 0 Å². The summed E-state index contributed by atoms with van der Waals surface area (Å²) >= 11 is 0. The Balaban J connectivity index is 1.66. The van der Waals surface area contributed by atoms with Crippen molar-refractivity contribution >= 4 is 0 Å². The first kappa shape index (κ1) is 16.2. The third-order valence-electron chi connectivity index (χ3n) is 4.34. The van der Waals surface area contributed by atoms with Gasteiger partial charge in [0, 0.05) is 32.3 Å². The molecule has 2 aliphatic heterocycles. The second-order valence-corrected chi connectivity index (χ2v) is 6.51. The van der Waals surface area contributed by atoms with Gasteiger partial charge in [-0.2, -0.15) is 0 Å². The minimum atomic E-state index is 0.406. The summed E-state index contributed by atoms with van der Waals surface area (Å²) in [5, 5.41) is 3.48. The van der Waals surface area contributed by atoms with Crippen LogP contribution < -0.4 is 5.32 Å². The highest BCUT2D eigenvalue weighted by atomic mass is 16.5. The van der Waals surface area contributed by atoms with Crippen molar-refractivity contribution < 1.29 is 9.47 Å². The van der Waals surface area contributed by atoms with Crippen molar-refractivity contribution in [3.8, 4) is 0 Å². The van der Waals surface area contributed by atoms with Gasteiger partial charge in [0.05, 0.1) is 18.3 Å². The van der Waals surface area contributed by atoms with E-state index in [0.717, 1.165) is 32.8 Å². The summed E-state index contributed by atoms with van der Waals surface area (Å²) in [7, 11) is 0. The van der Waals surface area contributed by atoms with E-state index in [1.54, 1.807) is 0 Å². The Morgan fingerprint density at radius 1 is 1.10 bits per heavy atom. The minimum Gasteiger partial charge on any atom is -0.377 e. The molecular formula is C16H32N2O2. The molecule has 4 heteroatoms. The zero-order valence-electron chi connectivity index (χ0n) is 13.4. The highest BCUT2D eigenvalue weighted by Crippen LogP contribution is 2.21. The van der Waals surface area contributed by atoms with E-state index >= 15 is 0 Å². The van der Waals surface area contributed by atoms with Gasteiger partial charge in [-0.15, -0.1) is 0 Å². The molecule has 1 N–H and O–H groups in total. The molecular weight excluding hydrogens is 252 g/mol. The zero-order valence-corrected chi connectivity index (χ0v) is 13.4. The van der Waals surface area contributed by atoms with Gasteiger partial charge in [0.2, 0.25) is 0 Å². The lowest BCUT2D eigenvalue weighted by molar-refractivity contribution is 0.00989. The minimum absolute atomic E-state index is 0.406. The molecule has 118 valence electrons. The van der Waals surface area contributed by atoms with Gasteiger partial charge < -0.3 is 14.8 Å². The number of nitrogens with one attached hydrogen (secondary N) is 1. The highest BCUT2D eigenvalue weighted by molar-refractivity contribution is 4.79. The van der Waals surface area contributed by atoms with Crippen LogP contribution >= 0.6 is 0 Å². The quantitative estimate of drug-likeness (QED) is 0.739. The smallest absolute Gasteiger partial charge is 0.0707 e. The van der Waals surface area contributed by atoms with E-state index in [1.807, 2.05) is 0 Å². The third-order valence-corrected chi connectivity index (χ3v) is 4.34. The van der Waals surface area contributed by atoms with Gasteiger partial charge >= 0.3 is 0 Å². The molecule has 0 radical (unpaired) electrons. The SMILES string of the molecule is CCN(CC1CCCO1)CC1CCC(CNC(C)C)O1. The van der Waals surface area contributed by atoms with Gasteiger partial charge in [0.25, 0.3) is 0 Å². The molecule has 20 heavy (non-hydrogen) atoms. The number of rotatable bonds is 8. The van der Waals surface area contributed by atoms with E-state index in [-0.39, 0.29) is 0 Å². The predicted molar refractivity (Wildman–Crippen MR) is 82.1 cm³/mol. The van der Waals surface area contributed by atoms with Crippen molar-refractivity contribution in [3.63, 3.8) is 0 Å². The third kappa shape index (κ3) is 5.32. The van der Waals surface area contributed by atoms with Gasteiger partial charge in [0.15, 0.2) is 0 Å². The molecule has 0 aromatic heterocycles. The molecule has 0 aromatic rings. The lowest BCUT2D eigenvalue weighted by atomic mass is 10.1. The van der Waals surface area contributed by atoms with E-state index in [1.165, 1.54) is 25.7 Å². The summed E-state index contributed by atoms with van der Waals surface area (Å²) in [6, 6.07) is 0.546. The number of nitrogens with zero attached hydrogens (tertiary/aromatic N) is 1. The predicted octanol–water partition coefficient (Wildman–Crippen LogP) is 2.03. The molecule has 0 aromatic carbocycles. The van der Waals surface area contributed by atoms with Crippen LogP contribution in [0.1, 0.15) is 46.5 Å². The normalized spacial score (nSPS) is 30.8. The molecule has 0 saturated carbocycles. The van der Waals surface area contributed by atoms with Crippen molar-refractivity contribution in [2.24, 2.45) is 0 Å². The fourth-order valence-electron chi connectivity index (χ4n) is 3.13. The maximum Gasteiger partial charge on any atom is 0.0707 e. The van der Waals surface area contributed by atoms with E-state index in [4.69, 9.17) is 9.47 Å². The van der Waals surface area contributed by atoms with Crippen LogP contribution in [0.5, 0.6) is 0 Å². The first-order valence-corrected chi connectivity index (χ1v) is 8.40. The molecule has 0 spiro atoms. The molecule has 2 saturated heterocycles. The van der Waals surface area contributed by atoms with Crippen molar-refractivity contribution in [2.75, 3.05) is 32.8 Å². The number of ether oxygens (including phenoxy) is 2. The van der Waals surface area contributed by atoms with Crippen LogP contribution in [0.2, 0.25) is 0 Å². The summed E-state index contributed by atoms with van der Waals surface area (Å²) in [4.78, 5) is 2.50. The molecule has 2 aliphatic rings. The van der Waals surface area contributed by atoms with E-state index < -0.39 is 0 Å². The average molecular weight is 284 g/mol. The Labute approximate surface area is 124 Å². The molecule has 2 fully saturated rings. The second-order valence-electron chi connectivity index (χ2n) is 6.51. The fraction of sp³-hybridized carbons (Fsp3) is 1.00. The van der Waals surface area contributed by atoms with Gasteiger partial charge in [-0.05, 0) is 32.2 Å². The molecule has 2 rings (SSSR count). The van der Waals surface area contributed by atoms with Crippen LogP contribution in [0.3, 0.4) is 0 Å². The zero-order chi connectivity index (χ0) is 14.4. The van der Waals surface area contributed by atoms with Crippen molar-refractivity contribution in [2.45, 2.75) is 70.8 Å². The first-order valence-electron chi connectivity index (χ1n) is 8.40. The van der Waals surface area contributed by atoms with Crippen molar-refractivity contribution in [1.29, 1.82) is 0 Å². The fourth-order valence-corrected chi connectivity index (χ4v) is 3.13. The van der Waals surface area contributed by atoms with Gasteiger partial charge in [-0.3, -0.25) is 4.90 Å². The molecule has 0 aliphatic carbocycles. The van der Waals surface area contributed by atoms with E-state index in [0.29, 0.717) is 24.4 Å². The van der Waals surface area contributed by atoms with Gasteiger partial charge in [0.1, 0.15) is 0 Å². The van der Waals surface area contributed by atoms with Crippen molar-refractivity contribution in [1.82, 2.24) is 10.2 Å². The summed E-state index contributed by atoms with van der Waals surface area (Å²) in [6.45, 7) is 11.8. The molecule has 0 amide bonds. The van der Waals surface area contributed by atoms with Gasteiger partial charge in [-0.25, -0.2) is 0 Å². The lowest BCUT2D eigenvalue weighted by Crippen LogP contribution is -2.38. The highest BCUT2D eigenvalue weighted by Gasteiger charge is 2.27. The summed E-state index contributed by atoms with van der Waals surface area (Å²) in [6.07, 6.45) is 6.12. The van der Waals surface area contributed by atoms with Crippen LogP contribution in [0.25, 0.3) is 0 Å². The molecule has 4 nitrogen and oxygen atoms in total. The van der Waals surface area contributed by atoms with Crippen LogP contribution in [0.15, 0.2) is 0 Å². The Bertz CT molecular complexity index is 267. The van der Waals surface area contributed by atoms with Gasteiger partial charge in [-0.1, -0.05) is 20.8 Å². The first-order chi connectivity index (χ1) is 9.67. The molecule has 2 heterocycles. The summed E-state index contributed by atoms with van der Waals surface area (Å²) in [5.74, 6) is 0. The number of likely N-dealkylation sites (N-methyl/N-ethyl adjacent to an activating group) is 1. The Morgan fingerprint density at radius 2 is 1.85 bits per heavy atom. The number of hydrogen-bond acceptors (Lipinski definition) is 4. The molecule has 3 atom stereocenters. The van der Waals surface area contributed by atoms with Crippen LogP contribution in [-0.4, -0.2) is 62.0 Å². The van der Waals surface area contributed by atoms with Crippen LogP contribution in [-0.2, 0) is 9.47 Å². The summed E-state index contributed by atoms with van der Waals surface area (Å²) < 4.78 is 11.9. The van der Waals surface area contributed by atoms with E-state index in [2.05, 4.69) is 31.0 Å². The maximum atomic E-state index is 6.16. The standard InChI is InChI=1S/C16H32N2O2/c1-4-18(11-15-6-5-9-19-15)12-16-8-7-14(20-16)10-17-13(2)3/h13-17H,4-12H2,1-3H3. The largest absolute Gasteiger partial charge is 0.377 e. The Hall–Kier alpha value is -0.160. The maximum absolute atomic E-state index is 6.16. The Kier molecular flexibility index (Phi) is 6.75. The summed E-state index contributed by atoms with van der Waals surface area (Å²) in [5.41, 5.74) is 0. The number of hydrogen-bond donors (Lipinski definition) is 1. The average Bonchev–Trinajstić information content (AvgIpc) is 3.07. The van der Waals surface area contributed by atoms with Crippen LogP contribution in [0.4, 0.5) is 0 Å². The Morgan fingerprint density at radius 3 is 2.50 bits per heavy atom. The monoisotopic (exact) mass is 284 g/mol. The molecule has 3 unspecified atom stereocenters. The van der Waals surface area contributed by atoms with E-state index in [9.17, 15) is 0 Å². The van der Waals surface area contributed by atoms with Crippen LogP contribution in [0, 0.1) is 0 Å². The topological polar surface area (TPSA) is 33.7 Å². The second kappa shape index (κ2) is 8.32. The molecule has 0 bridgehead atoms. The lowest BCUT2D eigenvalue weighted by Gasteiger charge is -2.26.